The molecule has 34 heavy (non-hydrogen) atoms. The van der Waals surface area contributed by atoms with Crippen LogP contribution in [0.5, 0.6) is 11.5 Å². The molecule has 1 amide bonds. The van der Waals surface area contributed by atoms with Crippen LogP contribution >= 0.6 is 0 Å². The van der Waals surface area contributed by atoms with Gasteiger partial charge < -0.3 is 33.9 Å². The lowest BCUT2D eigenvalue weighted by molar-refractivity contribution is -0.156. The van der Waals surface area contributed by atoms with Crippen LogP contribution in [0.3, 0.4) is 0 Å². The maximum Gasteiger partial charge on any atom is 0.288 e. The van der Waals surface area contributed by atoms with Crippen LogP contribution in [-0.2, 0) is 27.5 Å². The van der Waals surface area contributed by atoms with E-state index in [0.29, 0.717) is 37.6 Å². The summed E-state index contributed by atoms with van der Waals surface area (Å²) in [5.41, 5.74) is 2.85. The molecule has 0 unspecified atom stereocenters. The van der Waals surface area contributed by atoms with Crippen molar-refractivity contribution in [3.63, 3.8) is 0 Å². The molecule has 8 heteroatoms. The highest BCUT2D eigenvalue weighted by molar-refractivity contribution is 5.92. The summed E-state index contributed by atoms with van der Waals surface area (Å²) in [7, 11) is 2.06. The molecule has 0 radical (unpaired) electrons. The van der Waals surface area contributed by atoms with Crippen LogP contribution in [0.15, 0.2) is 54.3 Å². The monoisotopic (exact) mass is 466 g/mol. The number of benzene rings is 2. The second kappa shape index (κ2) is 10.0. The van der Waals surface area contributed by atoms with Gasteiger partial charge in [-0.2, -0.15) is 0 Å². The van der Waals surface area contributed by atoms with Gasteiger partial charge in [0.2, 0.25) is 13.1 Å². The minimum atomic E-state index is -0.565. The number of hydrogen-bond donors (Lipinski definition) is 1. The van der Waals surface area contributed by atoms with Gasteiger partial charge in [-0.1, -0.05) is 30.3 Å². The molecule has 0 aromatic heterocycles. The lowest BCUT2D eigenvalue weighted by atomic mass is 9.92. The van der Waals surface area contributed by atoms with Gasteiger partial charge in [-0.15, -0.1) is 0 Å². The number of aliphatic hydroxyl groups excluding tert-OH is 1. The summed E-state index contributed by atoms with van der Waals surface area (Å²) in [4.78, 5) is 17.4. The molecule has 3 aliphatic rings. The minimum Gasteiger partial charge on any atom is -0.459 e. The zero-order chi connectivity index (χ0) is 23.5. The summed E-state index contributed by atoms with van der Waals surface area (Å²) >= 11 is 0. The van der Waals surface area contributed by atoms with Crippen molar-refractivity contribution in [2.45, 2.75) is 31.8 Å². The van der Waals surface area contributed by atoms with Crippen molar-refractivity contribution in [2.24, 2.45) is 0 Å². The zero-order valence-corrected chi connectivity index (χ0v) is 19.3. The Balaban J connectivity index is 1.34. The maximum absolute atomic E-state index is 13.3. The number of piperazine rings is 1. The van der Waals surface area contributed by atoms with Gasteiger partial charge in [0.05, 0.1) is 13.2 Å². The van der Waals surface area contributed by atoms with Crippen molar-refractivity contribution in [3.8, 4) is 11.5 Å². The van der Waals surface area contributed by atoms with Crippen LogP contribution in [-0.4, -0.2) is 67.1 Å². The highest BCUT2D eigenvalue weighted by Gasteiger charge is 2.32. The summed E-state index contributed by atoms with van der Waals surface area (Å²) in [5.74, 6) is 1.62. The summed E-state index contributed by atoms with van der Waals surface area (Å²) in [6.45, 7) is 3.60. The Morgan fingerprint density at radius 1 is 1.03 bits per heavy atom. The summed E-state index contributed by atoms with van der Waals surface area (Å²) in [6, 6.07) is 13.5. The normalized spacial score (nSPS) is 22.3. The van der Waals surface area contributed by atoms with Crippen molar-refractivity contribution >= 4 is 5.91 Å². The molecule has 5 rings (SSSR count). The number of nitrogens with zero attached hydrogens (tertiary/aromatic N) is 2. The smallest absolute Gasteiger partial charge is 0.288 e. The van der Waals surface area contributed by atoms with Crippen molar-refractivity contribution in [1.29, 1.82) is 0 Å². The molecule has 0 bridgehead atoms. The van der Waals surface area contributed by atoms with E-state index >= 15 is 0 Å². The summed E-state index contributed by atoms with van der Waals surface area (Å²) in [6.07, 6.45) is 1.92. The van der Waals surface area contributed by atoms with E-state index in [1.807, 2.05) is 53.4 Å². The summed E-state index contributed by atoms with van der Waals surface area (Å²) in [5, 5.41) is 9.25. The molecular formula is C26H30N2O6. The number of aliphatic hydroxyl groups is 1. The number of hydrogen-bond acceptors (Lipinski definition) is 7. The first kappa shape index (κ1) is 22.7. The lowest BCUT2D eigenvalue weighted by Crippen LogP contribution is -2.48. The van der Waals surface area contributed by atoms with E-state index in [1.54, 1.807) is 0 Å². The molecule has 180 valence electrons. The van der Waals surface area contributed by atoms with E-state index in [4.69, 9.17) is 18.9 Å². The molecule has 8 nitrogen and oxygen atoms in total. The molecule has 3 aliphatic heterocycles. The van der Waals surface area contributed by atoms with Crippen molar-refractivity contribution in [3.05, 3.63) is 71.0 Å². The van der Waals surface area contributed by atoms with E-state index in [1.165, 1.54) is 0 Å². The number of fused-ring (bicyclic) bond motifs is 1. The highest BCUT2D eigenvalue weighted by atomic mass is 16.7. The van der Waals surface area contributed by atoms with Crippen LogP contribution in [0.1, 0.15) is 29.0 Å². The number of amides is 1. The Morgan fingerprint density at radius 3 is 2.53 bits per heavy atom. The third kappa shape index (κ3) is 5.04. The van der Waals surface area contributed by atoms with Crippen LogP contribution in [0.25, 0.3) is 0 Å². The van der Waals surface area contributed by atoms with Crippen molar-refractivity contribution in [1.82, 2.24) is 9.80 Å². The molecule has 1 N–H and O–H groups in total. The van der Waals surface area contributed by atoms with Gasteiger partial charge >= 0.3 is 0 Å². The van der Waals surface area contributed by atoms with Crippen LogP contribution in [0.2, 0.25) is 0 Å². The summed E-state index contributed by atoms with van der Waals surface area (Å²) < 4.78 is 23.2. The van der Waals surface area contributed by atoms with Crippen molar-refractivity contribution in [2.75, 3.05) is 40.0 Å². The molecule has 2 aromatic carbocycles. The van der Waals surface area contributed by atoms with E-state index in [0.717, 1.165) is 35.5 Å². The molecule has 1 fully saturated rings. The topological polar surface area (TPSA) is 80.7 Å². The fraction of sp³-hybridized carbons (Fsp3) is 0.423. The quantitative estimate of drug-likeness (QED) is 0.701. The number of ether oxygens (including phenoxy) is 4. The van der Waals surface area contributed by atoms with Crippen LogP contribution in [0, 0.1) is 0 Å². The molecule has 1 saturated heterocycles. The average molecular weight is 467 g/mol. The molecular weight excluding hydrogens is 436 g/mol. The van der Waals surface area contributed by atoms with E-state index in [9.17, 15) is 9.90 Å². The molecule has 2 aromatic rings. The second-order valence-corrected chi connectivity index (χ2v) is 8.91. The molecule has 3 heterocycles. The number of allylic oxidation sites excluding steroid dienone is 1. The predicted molar refractivity (Wildman–Crippen MR) is 124 cm³/mol. The number of likely N-dealkylation sites (N-methyl/N-ethyl adjacent to an activating group) is 1. The Morgan fingerprint density at radius 2 is 1.76 bits per heavy atom. The first-order valence-corrected chi connectivity index (χ1v) is 11.6. The maximum atomic E-state index is 13.3. The zero-order valence-electron chi connectivity index (χ0n) is 19.3. The molecule has 0 aliphatic carbocycles. The Labute approximate surface area is 199 Å². The average Bonchev–Trinajstić information content (AvgIpc) is 3.36. The minimum absolute atomic E-state index is 0.00659. The van der Waals surface area contributed by atoms with Gasteiger partial charge in [-0.25, -0.2) is 0 Å². The van der Waals surface area contributed by atoms with Crippen molar-refractivity contribution < 1.29 is 28.8 Å². The SMILES string of the molecule is CN1CCN(C(=O)C2=C[C@H](c3ccc4c(c3)OCO4)C[C@H](OCc3ccc(CO)cc3)O2)CC1. The van der Waals surface area contributed by atoms with Crippen LogP contribution < -0.4 is 9.47 Å². The van der Waals surface area contributed by atoms with E-state index in [2.05, 4.69) is 11.9 Å². The van der Waals surface area contributed by atoms with E-state index < -0.39 is 6.29 Å². The predicted octanol–water partition coefficient (Wildman–Crippen LogP) is 2.61. The van der Waals surface area contributed by atoms with Crippen LogP contribution in [0.4, 0.5) is 0 Å². The van der Waals surface area contributed by atoms with Gasteiger partial charge in [-0.05, 0) is 41.9 Å². The largest absolute Gasteiger partial charge is 0.459 e. The Hall–Kier alpha value is -3.07. The van der Waals surface area contributed by atoms with Gasteiger partial charge in [0, 0.05) is 38.5 Å². The Bertz CT molecular complexity index is 1050. The fourth-order valence-corrected chi connectivity index (χ4v) is 4.38. The van der Waals surface area contributed by atoms with Gasteiger partial charge in [-0.3, -0.25) is 4.79 Å². The highest BCUT2D eigenvalue weighted by Crippen LogP contribution is 2.38. The third-order valence-corrected chi connectivity index (χ3v) is 6.52. The molecule has 0 spiro atoms. The molecule has 2 atom stereocenters. The van der Waals surface area contributed by atoms with Gasteiger partial charge in [0.25, 0.3) is 5.91 Å². The standard InChI is InChI=1S/C26H30N2O6/c1-27-8-10-28(11-9-27)26(30)24-13-21(20-6-7-22-23(12-20)33-17-32-22)14-25(34-24)31-16-19-4-2-18(15-29)3-5-19/h2-7,12-13,21,25,29H,8-11,14-17H2,1H3/t21-,25+/m0/s1. The van der Waals surface area contributed by atoms with Gasteiger partial charge in [0.15, 0.2) is 17.3 Å². The fourth-order valence-electron chi connectivity index (χ4n) is 4.38. The lowest BCUT2D eigenvalue weighted by Gasteiger charge is -2.35. The third-order valence-electron chi connectivity index (χ3n) is 6.52. The Kier molecular flexibility index (Phi) is 6.71. The second-order valence-electron chi connectivity index (χ2n) is 8.91. The van der Waals surface area contributed by atoms with E-state index in [-0.39, 0.29) is 25.2 Å². The van der Waals surface area contributed by atoms with Gasteiger partial charge in [0.1, 0.15) is 0 Å². The first-order valence-electron chi connectivity index (χ1n) is 11.6. The number of carbonyl (C=O) groups is 1. The number of rotatable bonds is 6. The number of carbonyl (C=O) groups excluding carboxylic acids is 1. The molecule has 0 saturated carbocycles. The first-order chi connectivity index (χ1) is 16.6.